The van der Waals surface area contributed by atoms with Gasteiger partial charge < -0.3 is 20.1 Å². The Morgan fingerprint density at radius 2 is 1.97 bits per heavy atom. The lowest BCUT2D eigenvalue weighted by atomic mass is 10.1. The summed E-state index contributed by atoms with van der Waals surface area (Å²) in [6, 6.07) is 7.72. The molecule has 3 rings (SSSR count). The molecule has 12 nitrogen and oxygen atoms in total. The lowest BCUT2D eigenvalue weighted by Gasteiger charge is -2.24. The molecule has 1 aliphatic heterocycles. The summed E-state index contributed by atoms with van der Waals surface area (Å²) < 4.78 is 10.7. The summed E-state index contributed by atoms with van der Waals surface area (Å²) in [5, 5.41) is 11.9. The van der Waals surface area contributed by atoms with E-state index in [0.717, 1.165) is 37.2 Å². The van der Waals surface area contributed by atoms with Gasteiger partial charge in [-0.15, -0.1) is 0 Å². The van der Waals surface area contributed by atoms with Crippen molar-refractivity contribution in [2.45, 2.75) is 58.8 Å². The van der Waals surface area contributed by atoms with Crippen LogP contribution in [-0.4, -0.2) is 58.2 Å². The van der Waals surface area contributed by atoms with Crippen molar-refractivity contribution in [1.29, 1.82) is 0 Å². The Labute approximate surface area is 210 Å². The van der Waals surface area contributed by atoms with E-state index < -0.39 is 22.8 Å². The van der Waals surface area contributed by atoms with Crippen molar-refractivity contribution in [2.75, 3.05) is 36.9 Å². The Morgan fingerprint density at radius 1 is 1.25 bits per heavy atom. The largest absolute Gasteiger partial charge is 0.465 e. The Kier molecular flexibility index (Phi) is 9.77. The summed E-state index contributed by atoms with van der Waals surface area (Å²) in [7, 11) is 0. The van der Waals surface area contributed by atoms with Gasteiger partial charge in [0, 0.05) is 13.1 Å². The van der Waals surface area contributed by atoms with Crippen molar-refractivity contribution < 1.29 is 19.2 Å². The first kappa shape index (κ1) is 27.1. The molecule has 0 unspecified atom stereocenters. The minimum atomic E-state index is -0.704. The van der Waals surface area contributed by atoms with Crippen molar-refractivity contribution >= 4 is 23.3 Å². The van der Waals surface area contributed by atoms with E-state index in [2.05, 4.69) is 14.9 Å². The van der Waals surface area contributed by atoms with Crippen LogP contribution in [0.1, 0.15) is 50.7 Å². The van der Waals surface area contributed by atoms with Gasteiger partial charge in [-0.2, -0.15) is 9.97 Å². The minimum Gasteiger partial charge on any atom is -0.465 e. The highest BCUT2D eigenvalue weighted by Crippen LogP contribution is 2.34. The number of nitrogen functional groups attached to an aromatic ring is 1. The molecule has 0 amide bonds. The number of nitro groups is 1. The highest BCUT2D eigenvalue weighted by molar-refractivity contribution is 5.78. The van der Waals surface area contributed by atoms with Crippen LogP contribution < -0.4 is 21.1 Å². The van der Waals surface area contributed by atoms with E-state index in [1.165, 1.54) is 17.7 Å². The molecular weight excluding hydrogens is 466 g/mol. The molecule has 1 aliphatic rings. The fraction of sp³-hybridized carbons (Fsp3) is 0.542. The van der Waals surface area contributed by atoms with E-state index in [1.54, 1.807) is 6.92 Å². The Hall–Kier alpha value is -3.51. The van der Waals surface area contributed by atoms with Crippen LogP contribution in [-0.2, 0) is 22.6 Å². The number of ether oxygens (including phenoxy) is 2. The van der Waals surface area contributed by atoms with Crippen LogP contribution in [0, 0.1) is 10.1 Å². The second kappa shape index (κ2) is 13.0. The topological polar surface area (TPSA) is 163 Å². The van der Waals surface area contributed by atoms with E-state index in [9.17, 15) is 14.9 Å². The molecule has 0 aliphatic carbocycles. The summed E-state index contributed by atoms with van der Waals surface area (Å²) >= 11 is 0. The molecule has 1 fully saturated rings. The van der Waals surface area contributed by atoms with Crippen LogP contribution in [0.2, 0.25) is 0 Å². The first-order valence-corrected chi connectivity index (χ1v) is 12.3. The van der Waals surface area contributed by atoms with Crippen molar-refractivity contribution in [1.82, 2.24) is 14.9 Å². The van der Waals surface area contributed by atoms with Gasteiger partial charge >= 0.3 is 17.7 Å². The third-order valence-corrected chi connectivity index (χ3v) is 5.78. The van der Waals surface area contributed by atoms with Crippen LogP contribution in [0.4, 0.5) is 17.3 Å². The van der Waals surface area contributed by atoms with E-state index >= 15 is 0 Å². The zero-order valence-corrected chi connectivity index (χ0v) is 20.9. The third kappa shape index (κ3) is 7.49. The lowest BCUT2D eigenvalue weighted by molar-refractivity contribution is -0.383. The van der Waals surface area contributed by atoms with E-state index in [-0.39, 0.29) is 37.3 Å². The fourth-order valence-corrected chi connectivity index (χ4v) is 4.18. The van der Waals surface area contributed by atoms with E-state index in [1.807, 2.05) is 31.2 Å². The quantitative estimate of drug-likeness (QED) is 0.179. The van der Waals surface area contributed by atoms with Crippen LogP contribution in [0.25, 0.3) is 0 Å². The normalized spacial score (nSPS) is 14.4. The Balaban J connectivity index is 1.96. The Bertz CT molecular complexity index is 1050. The predicted molar refractivity (Wildman–Crippen MR) is 135 cm³/mol. The van der Waals surface area contributed by atoms with Gasteiger partial charge in [0.25, 0.3) is 0 Å². The number of esters is 1. The van der Waals surface area contributed by atoms with Crippen molar-refractivity contribution in [3.05, 3.63) is 45.5 Å². The second-order valence-corrected chi connectivity index (χ2v) is 8.73. The number of anilines is 2. The fourth-order valence-electron chi connectivity index (χ4n) is 4.18. The van der Waals surface area contributed by atoms with Gasteiger partial charge in [0.2, 0.25) is 11.6 Å². The Morgan fingerprint density at radius 3 is 2.64 bits per heavy atom. The van der Waals surface area contributed by atoms with Crippen molar-refractivity contribution in [3.8, 4) is 6.01 Å². The zero-order valence-electron chi connectivity index (χ0n) is 20.9. The number of likely N-dealkylation sites (tertiary alicyclic amines) is 1. The van der Waals surface area contributed by atoms with Gasteiger partial charge in [-0.3, -0.25) is 25.5 Å². The van der Waals surface area contributed by atoms with Gasteiger partial charge in [0.1, 0.15) is 6.54 Å². The molecule has 0 saturated carbocycles. The number of benzene rings is 1. The zero-order chi connectivity index (χ0) is 26.1. The third-order valence-electron chi connectivity index (χ3n) is 5.78. The van der Waals surface area contributed by atoms with Gasteiger partial charge in [0.15, 0.2) is 6.23 Å². The van der Waals surface area contributed by atoms with Crippen LogP contribution in [0.5, 0.6) is 6.01 Å². The number of rotatable bonds is 13. The number of nitrogens with two attached hydrogens (primary N) is 2. The van der Waals surface area contributed by atoms with Crippen LogP contribution in [0.15, 0.2) is 24.3 Å². The van der Waals surface area contributed by atoms with Gasteiger partial charge in [-0.05, 0) is 50.4 Å². The van der Waals surface area contributed by atoms with Gasteiger partial charge in [-0.1, -0.05) is 37.6 Å². The molecule has 4 N–H and O–H groups in total. The van der Waals surface area contributed by atoms with Gasteiger partial charge in [0.05, 0.1) is 11.5 Å². The van der Waals surface area contributed by atoms with Crippen LogP contribution in [0.3, 0.4) is 0 Å². The van der Waals surface area contributed by atoms with Gasteiger partial charge in [-0.25, -0.2) is 0 Å². The highest BCUT2D eigenvalue weighted by Gasteiger charge is 2.30. The minimum absolute atomic E-state index is 0.135. The maximum atomic E-state index is 12.5. The molecule has 1 atom stereocenters. The molecule has 12 heteroatoms. The molecule has 2 aromatic rings. The predicted octanol–water partition coefficient (Wildman–Crippen LogP) is 2.60. The summed E-state index contributed by atoms with van der Waals surface area (Å²) in [6.07, 6.45) is 2.98. The number of carbonyl (C=O) groups excluding carboxylic acids is 1. The van der Waals surface area contributed by atoms with Crippen molar-refractivity contribution in [2.24, 2.45) is 5.73 Å². The molecule has 2 heterocycles. The maximum Gasteiger partial charge on any atom is 0.353 e. The average Bonchev–Trinajstić information content (AvgIpc) is 3.31. The molecule has 196 valence electrons. The first-order chi connectivity index (χ1) is 17.3. The number of carbonyl (C=O) groups is 1. The standard InChI is InChI=1S/C24H35N7O5/c1-3-8-19(25)36-24-27-22(26)21(31(33)34)23(28-24)30(16-20(32)35-4-2)15-18-10-7-9-17(13-18)14-29-11-5-6-12-29/h7,9-10,13,19H,3-6,8,11-12,14-16,25H2,1-2H3,(H2,26,27,28)/t19-/m1/s1. The summed E-state index contributed by atoms with van der Waals surface area (Å²) in [6.45, 7) is 6.64. The van der Waals surface area contributed by atoms with Crippen molar-refractivity contribution in [3.63, 3.8) is 0 Å². The molecule has 1 aromatic heterocycles. The summed E-state index contributed by atoms with van der Waals surface area (Å²) in [4.78, 5) is 35.8. The smallest absolute Gasteiger partial charge is 0.353 e. The van der Waals surface area contributed by atoms with E-state index in [0.29, 0.717) is 6.42 Å². The molecule has 0 spiro atoms. The maximum absolute atomic E-state index is 12.5. The molecular formula is C24H35N7O5. The lowest BCUT2D eigenvalue weighted by Crippen LogP contribution is -2.33. The molecule has 36 heavy (non-hydrogen) atoms. The average molecular weight is 502 g/mol. The highest BCUT2D eigenvalue weighted by atomic mass is 16.6. The van der Waals surface area contributed by atoms with Crippen LogP contribution >= 0.6 is 0 Å². The second-order valence-electron chi connectivity index (χ2n) is 8.73. The summed E-state index contributed by atoms with van der Waals surface area (Å²) in [5.74, 6) is -1.06. The summed E-state index contributed by atoms with van der Waals surface area (Å²) in [5.41, 5.74) is 13.4. The number of aromatic nitrogens is 2. The molecule has 0 radical (unpaired) electrons. The SMILES string of the molecule is CCC[C@H](N)Oc1nc(N)c([N+](=O)[O-])c(N(CC(=O)OCC)Cc2cccc(CN3CCCC3)c2)n1. The van der Waals surface area contributed by atoms with E-state index in [4.69, 9.17) is 20.9 Å². The number of hydrogen-bond acceptors (Lipinski definition) is 11. The molecule has 0 bridgehead atoms. The number of nitrogens with zero attached hydrogens (tertiary/aromatic N) is 5. The molecule has 1 aromatic carbocycles. The number of hydrogen-bond donors (Lipinski definition) is 2. The molecule has 1 saturated heterocycles. The monoisotopic (exact) mass is 501 g/mol. The first-order valence-electron chi connectivity index (χ1n) is 12.3.